The number of benzene rings is 1. The summed E-state index contributed by atoms with van der Waals surface area (Å²) in [5.74, 6) is -0.794. The van der Waals surface area contributed by atoms with Gasteiger partial charge in [0.15, 0.2) is 0 Å². The third kappa shape index (κ3) is 9.73. The predicted octanol–water partition coefficient (Wildman–Crippen LogP) is 2.14. The number of aliphatic carboxylic acids is 1. The highest BCUT2D eigenvalue weighted by Crippen LogP contribution is 2.13. The van der Waals surface area contributed by atoms with Gasteiger partial charge in [-0.15, -0.1) is 0 Å². The van der Waals surface area contributed by atoms with Gasteiger partial charge in [0.1, 0.15) is 12.6 Å². The van der Waals surface area contributed by atoms with Gasteiger partial charge in [0.05, 0.1) is 6.42 Å². The maximum absolute atomic E-state index is 12.2. The van der Waals surface area contributed by atoms with E-state index >= 15 is 0 Å². The van der Waals surface area contributed by atoms with E-state index in [1.165, 1.54) is 0 Å². The summed E-state index contributed by atoms with van der Waals surface area (Å²) in [7, 11) is 0. The lowest BCUT2D eigenvalue weighted by atomic mass is 10.1. The van der Waals surface area contributed by atoms with Crippen LogP contribution in [-0.2, 0) is 20.9 Å². The van der Waals surface area contributed by atoms with Gasteiger partial charge in [-0.3, -0.25) is 9.59 Å². The van der Waals surface area contributed by atoms with Crippen LogP contribution in [0.25, 0.3) is 0 Å². The molecule has 0 saturated carbocycles. The van der Waals surface area contributed by atoms with Gasteiger partial charge in [-0.1, -0.05) is 42.1 Å². The first-order valence-electron chi connectivity index (χ1n) is 8.08. The highest BCUT2D eigenvalue weighted by Gasteiger charge is 2.21. The first-order chi connectivity index (χ1) is 12.0. The van der Waals surface area contributed by atoms with E-state index in [1.807, 2.05) is 30.3 Å². The third-order valence-corrected chi connectivity index (χ3v) is 4.27. The average Bonchev–Trinajstić information content (AvgIpc) is 2.59. The van der Waals surface area contributed by atoms with E-state index in [0.29, 0.717) is 19.4 Å². The van der Waals surface area contributed by atoms with Crippen LogP contribution in [0.5, 0.6) is 0 Å². The number of alkyl carbamates (subject to hydrolysis) is 1. The zero-order chi connectivity index (χ0) is 18.5. The molecule has 0 saturated heterocycles. The van der Waals surface area contributed by atoms with E-state index in [4.69, 9.17) is 15.6 Å². The molecule has 1 aromatic rings. The molecule has 0 aliphatic rings. The standard InChI is InChI=1S/C17H24N2O5S/c18-10-5-4-8-14(16(22)25-11-9-15(20)21)19-17(23)24-12-13-6-2-1-3-7-13/h1-3,6-7,14H,4-5,8-12,18H2,(H,19,23)(H,20,21)/t14-/m0/s1. The second kappa shape index (κ2) is 12.3. The molecule has 1 rings (SSSR count). The molecule has 0 fully saturated rings. The molecule has 0 unspecified atom stereocenters. The number of nitrogens with one attached hydrogen (secondary N) is 1. The Bertz CT molecular complexity index is 553. The minimum Gasteiger partial charge on any atom is -0.481 e. The molecule has 1 aromatic carbocycles. The lowest BCUT2D eigenvalue weighted by Crippen LogP contribution is -2.40. The molecule has 138 valence electrons. The summed E-state index contributed by atoms with van der Waals surface area (Å²) >= 11 is 0.906. The van der Waals surface area contributed by atoms with Gasteiger partial charge in [-0.25, -0.2) is 4.79 Å². The molecule has 0 heterocycles. The highest BCUT2D eigenvalue weighted by atomic mass is 32.2. The van der Waals surface area contributed by atoms with Crippen LogP contribution in [0.15, 0.2) is 30.3 Å². The summed E-state index contributed by atoms with van der Waals surface area (Å²) < 4.78 is 5.13. The van der Waals surface area contributed by atoms with Crippen molar-refractivity contribution in [2.75, 3.05) is 12.3 Å². The number of carbonyl (C=O) groups excluding carboxylic acids is 2. The summed E-state index contributed by atoms with van der Waals surface area (Å²) in [6, 6.07) is 8.50. The number of amides is 1. The summed E-state index contributed by atoms with van der Waals surface area (Å²) in [5.41, 5.74) is 6.30. The van der Waals surface area contributed by atoms with Crippen LogP contribution < -0.4 is 11.1 Å². The Morgan fingerprint density at radius 2 is 1.92 bits per heavy atom. The number of carboxylic acid groups (broad SMARTS) is 1. The third-order valence-electron chi connectivity index (χ3n) is 3.30. The highest BCUT2D eigenvalue weighted by molar-refractivity contribution is 8.13. The molecule has 0 spiro atoms. The van der Waals surface area contributed by atoms with Crippen LogP contribution in [0.2, 0.25) is 0 Å². The largest absolute Gasteiger partial charge is 0.481 e. The molecule has 0 aliphatic heterocycles. The fourth-order valence-corrected chi connectivity index (χ4v) is 2.84. The maximum atomic E-state index is 12.2. The van der Waals surface area contributed by atoms with E-state index in [1.54, 1.807) is 0 Å². The van der Waals surface area contributed by atoms with Gasteiger partial charge in [0.2, 0.25) is 5.12 Å². The van der Waals surface area contributed by atoms with Crippen LogP contribution in [0.1, 0.15) is 31.2 Å². The summed E-state index contributed by atoms with van der Waals surface area (Å²) in [4.78, 5) is 34.7. The second-order valence-corrected chi connectivity index (χ2v) is 6.45. The van der Waals surface area contributed by atoms with Crippen molar-refractivity contribution < 1.29 is 24.2 Å². The minimum absolute atomic E-state index is 0.107. The maximum Gasteiger partial charge on any atom is 0.408 e. The van der Waals surface area contributed by atoms with Crippen molar-refractivity contribution >= 4 is 28.9 Å². The molecule has 1 atom stereocenters. The van der Waals surface area contributed by atoms with Crippen molar-refractivity contribution in [3.8, 4) is 0 Å². The van der Waals surface area contributed by atoms with E-state index in [0.717, 1.165) is 23.7 Å². The van der Waals surface area contributed by atoms with E-state index in [9.17, 15) is 14.4 Å². The number of hydrogen-bond acceptors (Lipinski definition) is 6. The Hall–Kier alpha value is -2.06. The molecular formula is C17H24N2O5S. The Morgan fingerprint density at radius 3 is 2.56 bits per heavy atom. The van der Waals surface area contributed by atoms with Gasteiger partial charge < -0.3 is 20.9 Å². The summed E-state index contributed by atoms with van der Waals surface area (Å²) in [6.45, 7) is 0.619. The van der Waals surface area contributed by atoms with Gasteiger partial charge >= 0.3 is 12.1 Å². The first kappa shape index (κ1) is 21.0. The number of ether oxygens (including phenoxy) is 1. The van der Waals surface area contributed by atoms with E-state index in [2.05, 4.69) is 5.32 Å². The number of unbranched alkanes of at least 4 members (excludes halogenated alkanes) is 1. The smallest absolute Gasteiger partial charge is 0.408 e. The summed E-state index contributed by atoms with van der Waals surface area (Å²) in [5, 5.41) is 10.9. The van der Waals surface area contributed by atoms with Crippen LogP contribution in [0.3, 0.4) is 0 Å². The zero-order valence-electron chi connectivity index (χ0n) is 14.0. The fourth-order valence-electron chi connectivity index (χ4n) is 1.99. The number of rotatable bonds is 11. The molecule has 0 radical (unpaired) electrons. The SMILES string of the molecule is NCCCC[C@H](NC(=O)OCc1ccccc1)C(=O)SCCC(=O)O. The van der Waals surface area contributed by atoms with E-state index in [-0.39, 0.29) is 23.9 Å². The van der Waals surface area contributed by atoms with Gasteiger partial charge in [-0.2, -0.15) is 0 Å². The molecule has 8 heteroatoms. The minimum atomic E-state index is -0.963. The Labute approximate surface area is 151 Å². The lowest BCUT2D eigenvalue weighted by molar-refractivity contribution is -0.136. The van der Waals surface area contributed by atoms with Crippen LogP contribution >= 0.6 is 11.8 Å². The topological polar surface area (TPSA) is 119 Å². The van der Waals surface area contributed by atoms with Crippen LogP contribution in [0.4, 0.5) is 4.79 Å². The fraction of sp³-hybridized carbons (Fsp3) is 0.471. The first-order valence-corrected chi connectivity index (χ1v) is 9.07. The van der Waals surface area contributed by atoms with Crippen molar-refractivity contribution in [1.29, 1.82) is 0 Å². The molecule has 4 N–H and O–H groups in total. The quantitative estimate of drug-likeness (QED) is 0.512. The predicted molar refractivity (Wildman–Crippen MR) is 96.2 cm³/mol. The Balaban J connectivity index is 2.48. The van der Waals surface area contributed by atoms with Crippen molar-refractivity contribution in [2.45, 2.75) is 38.3 Å². The molecule has 25 heavy (non-hydrogen) atoms. The van der Waals surface area contributed by atoms with Crippen molar-refractivity contribution in [2.24, 2.45) is 5.73 Å². The second-order valence-electron chi connectivity index (χ2n) is 5.35. The number of hydrogen-bond donors (Lipinski definition) is 3. The van der Waals surface area contributed by atoms with Crippen molar-refractivity contribution in [3.63, 3.8) is 0 Å². The normalized spacial score (nSPS) is 11.6. The Morgan fingerprint density at radius 1 is 1.20 bits per heavy atom. The number of carbonyl (C=O) groups is 3. The monoisotopic (exact) mass is 368 g/mol. The van der Waals surface area contributed by atoms with Crippen molar-refractivity contribution in [3.05, 3.63) is 35.9 Å². The van der Waals surface area contributed by atoms with E-state index < -0.39 is 18.1 Å². The molecular weight excluding hydrogens is 344 g/mol. The van der Waals surface area contributed by atoms with Gasteiger partial charge in [0, 0.05) is 5.75 Å². The van der Waals surface area contributed by atoms with Crippen LogP contribution in [-0.4, -0.2) is 40.6 Å². The molecule has 1 amide bonds. The molecule has 0 bridgehead atoms. The number of thioether (sulfide) groups is 1. The number of carboxylic acids is 1. The van der Waals surface area contributed by atoms with Gasteiger partial charge in [0.25, 0.3) is 0 Å². The summed E-state index contributed by atoms with van der Waals surface area (Å²) in [6.07, 6.45) is 1.09. The van der Waals surface area contributed by atoms with Crippen LogP contribution in [0, 0.1) is 0 Å². The average molecular weight is 368 g/mol. The zero-order valence-corrected chi connectivity index (χ0v) is 14.8. The molecule has 7 nitrogen and oxygen atoms in total. The molecule has 0 aliphatic carbocycles. The Kier molecular flexibility index (Phi) is 10.3. The molecule has 0 aromatic heterocycles. The van der Waals surface area contributed by atoms with Crippen molar-refractivity contribution in [1.82, 2.24) is 5.32 Å². The number of nitrogens with two attached hydrogens (primary N) is 1. The lowest BCUT2D eigenvalue weighted by Gasteiger charge is -2.17. The van der Waals surface area contributed by atoms with Gasteiger partial charge in [-0.05, 0) is 31.4 Å².